The Hall–Kier alpha value is -1.99. The number of aromatic nitrogens is 1. The zero-order valence-corrected chi connectivity index (χ0v) is 17.0. The molecule has 2 rings (SSSR count). The van der Waals surface area contributed by atoms with Crippen molar-refractivity contribution in [2.45, 2.75) is 33.4 Å². The van der Waals surface area contributed by atoms with Crippen molar-refractivity contribution in [1.82, 2.24) is 20.5 Å². The first kappa shape index (κ1) is 20.3. The number of rotatable bonds is 7. The molecule has 0 atom stereocenters. The van der Waals surface area contributed by atoms with Crippen molar-refractivity contribution in [3.8, 4) is 0 Å². The second kappa shape index (κ2) is 9.64. The largest absolute Gasteiger partial charge is 0.356 e. The Kier molecular flexibility index (Phi) is 7.53. The predicted molar refractivity (Wildman–Crippen MR) is 107 cm³/mol. The van der Waals surface area contributed by atoms with Gasteiger partial charge in [-0.1, -0.05) is 6.07 Å². The Morgan fingerprint density at radius 2 is 2.04 bits per heavy atom. The van der Waals surface area contributed by atoms with Crippen LogP contribution < -0.4 is 10.6 Å². The Morgan fingerprint density at radius 3 is 2.65 bits per heavy atom. The SMILES string of the molecule is CN=C(NCCc1nc(C)c(C)s1)NCc1ccc(F)c(CN(C)C)c1. The lowest BCUT2D eigenvalue weighted by Gasteiger charge is -2.14. The van der Waals surface area contributed by atoms with E-state index in [1.807, 2.05) is 32.0 Å². The van der Waals surface area contributed by atoms with Crippen molar-refractivity contribution >= 4 is 17.3 Å². The van der Waals surface area contributed by atoms with Crippen LogP contribution in [0.1, 0.15) is 26.7 Å². The van der Waals surface area contributed by atoms with Gasteiger partial charge in [0.05, 0.1) is 10.7 Å². The lowest BCUT2D eigenvalue weighted by molar-refractivity contribution is 0.392. The van der Waals surface area contributed by atoms with E-state index < -0.39 is 0 Å². The molecule has 0 unspecified atom stereocenters. The number of hydrogen-bond donors (Lipinski definition) is 2. The maximum atomic E-state index is 13.9. The van der Waals surface area contributed by atoms with Crippen LogP contribution in [0, 0.1) is 19.7 Å². The van der Waals surface area contributed by atoms with Gasteiger partial charge in [0.25, 0.3) is 0 Å². The molecule has 0 aliphatic carbocycles. The van der Waals surface area contributed by atoms with Crippen LogP contribution >= 0.6 is 11.3 Å². The fraction of sp³-hybridized carbons (Fsp3) is 0.474. The van der Waals surface area contributed by atoms with Crippen molar-refractivity contribution in [3.05, 3.63) is 50.7 Å². The normalized spacial score (nSPS) is 11.9. The highest BCUT2D eigenvalue weighted by Crippen LogP contribution is 2.16. The summed E-state index contributed by atoms with van der Waals surface area (Å²) in [5.41, 5.74) is 2.83. The Bertz CT molecular complexity index is 735. The van der Waals surface area contributed by atoms with Gasteiger partial charge in [-0.3, -0.25) is 4.99 Å². The Labute approximate surface area is 159 Å². The topological polar surface area (TPSA) is 52.6 Å². The summed E-state index contributed by atoms with van der Waals surface area (Å²) in [6, 6.07) is 5.23. The van der Waals surface area contributed by atoms with E-state index >= 15 is 0 Å². The molecule has 0 aliphatic heterocycles. The van der Waals surface area contributed by atoms with Gasteiger partial charge >= 0.3 is 0 Å². The number of halogens is 1. The molecular formula is C19H28FN5S. The van der Waals surface area contributed by atoms with Gasteiger partial charge in [-0.25, -0.2) is 9.37 Å². The van der Waals surface area contributed by atoms with Gasteiger partial charge in [-0.15, -0.1) is 11.3 Å². The van der Waals surface area contributed by atoms with E-state index in [2.05, 4.69) is 27.5 Å². The minimum atomic E-state index is -0.168. The summed E-state index contributed by atoms with van der Waals surface area (Å²) in [7, 11) is 5.61. The van der Waals surface area contributed by atoms with Gasteiger partial charge in [0.1, 0.15) is 5.82 Å². The summed E-state index contributed by atoms with van der Waals surface area (Å²) < 4.78 is 13.9. The lowest BCUT2D eigenvalue weighted by atomic mass is 10.1. The fourth-order valence-electron chi connectivity index (χ4n) is 2.54. The number of nitrogens with zero attached hydrogens (tertiary/aromatic N) is 3. The number of nitrogens with one attached hydrogen (secondary N) is 2. The monoisotopic (exact) mass is 377 g/mol. The number of thiazole rings is 1. The van der Waals surface area contributed by atoms with Crippen LogP contribution in [0.25, 0.3) is 0 Å². The molecule has 0 spiro atoms. The smallest absolute Gasteiger partial charge is 0.191 e. The second-order valence-electron chi connectivity index (χ2n) is 6.52. The number of aryl methyl sites for hydroxylation is 2. The molecule has 1 aromatic heterocycles. The maximum Gasteiger partial charge on any atom is 0.191 e. The molecule has 0 bridgehead atoms. The molecule has 0 fully saturated rings. The minimum Gasteiger partial charge on any atom is -0.356 e. The van der Waals surface area contributed by atoms with Gasteiger partial charge in [-0.05, 0) is 45.6 Å². The zero-order chi connectivity index (χ0) is 19.1. The van der Waals surface area contributed by atoms with E-state index in [9.17, 15) is 4.39 Å². The lowest BCUT2D eigenvalue weighted by Crippen LogP contribution is -2.37. The number of benzene rings is 1. The molecule has 142 valence electrons. The quantitative estimate of drug-likeness (QED) is 0.575. The van der Waals surface area contributed by atoms with Crippen molar-refractivity contribution in [2.75, 3.05) is 27.7 Å². The summed E-state index contributed by atoms with van der Waals surface area (Å²) in [6.45, 7) is 6.07. The second-order valence-corrected chi connectivity index (χ2v) is 7.80. The van der Waals surface area contributed by atoms with Crippen LogP contribution in [0.3, 0.4) is 0 Å². The van der Waals surface area contributed by atoms with Gasteiger partial charge in [0.2, 0.25) is 0 Å². The Balaban J connectivity index is 1.84. The first-order valence-electron chi connectivity index (χ1n) is 8.68. The van der Waals surface area contributed by atoms with Crippen LogP contribution in [0.2, 0.25) is 0 Å². The molecular weight excluding hydrogens is 349 g/mol. The van der Waals surface area contributed by atoms with Crippen LogP contribution in [0.4, 0.5) is 4.39 Å². The predicted octanol–water partition coefficient (Wildman–Crippen LogP) is 2.87. The standard InChI is InChI=1S/C19H28FN5S/c1-13-14(2)26-18(24-13)8-9-22-19(21-3)23-11-15-6-7-17(20)16(10-15)12-25(4)5/h6-7,10H,8-9,11-12H2,1-5H3,(H2,21,22,23). The summed E-state index contributed by atoms with van der Waals surface area (Å²) >= 11 is 1.74. The molecule has 0 amide bonds. The van der Waals surface area contributed by atoms with Crippen LogP contribution in [-0.4, -0.2) is 43.5 Å². The summed E-state index contributed by atoms with van der Waals surface area (Å²) in [4.78, 5) is 12.0. The van der Waals surface area contributed by atoms with E-state index in [4.69, 9.17) is 0 Å². The number of guanidine groups is 1. The molecule has 1 aromatic carbocycles. The van der Waals surface area contributed by atoms with E-state index in [0.29, 0.717) is 18.7 Å². The third kappa shape index (κ3) is 6.07. The highest BCUT2D eigenvalue weighted by atomic mass is 32.1. The van der Waals surface area contributed by atoms with Gasteiger partial charge < -0.3 is 15.5 Å². The van der Waals surface area contributed by atoms with E-state index in [-0.39, 0.29) is 5.82 Å². The van der Waals surface area contributed by atoms with E-state index in [1.54, 1.807) is 24.5 Å². The van der Waals surface area contributed by atoms with Gasteiger partial charge in [0, 0.05) is 43.5 Å². The number of aliphatic imine (C=N–C) groups is 1. The molecule has 0 saturated carbocycles. The molecule has 2 aromatic rings. The highest BCUT2D eigenvalue weighted by molar-refractivity contribution is 7.11. The van der Waals surface area contributed by atoms with Crippen LogP contribution in [-0.2, 0) is 19.5 Å². The summed E-state index contributed by atoms with van der Waals surface area (Å²) in [5, 5.41) is 7.71. The van der Waals surface area contributed by atoms with Crippen molar-refractivity contribution in [3.63, 3.8) is 0 Å². The maximum absolute atomic E-state index is 13.9. The molecule has 5 nitrogen and oxygen atoms in total. The average molecular weight is 378 g/mol. The summed E-state index contributed by atoms with van der Waals surface area (Å²) in [6.07, 6.45) is 0.865. The zero-order valence-electron chi connectivity index (χ0n) is 16.2. The third-order valence-electron chi connectivity index (χ3n) is 3.98. The van der Waals surface area contributed by atoms with Gasteiger partial charge in [0.15, 0.2) is 5.96 Å². The molecule has 26 heavy (non-hydrogen) atoms. The third-order valence-corrected chi connectivity index (χ3v) is 5.12. The molecule has 0 saturated heterocycles. The first-order chi connectivity index (χ1) is 12.4. The van der Waals surface area contributed by atoms with Gasteiger partial charge in [-0.2, -0.15) is 0 Å². The first-order valence-corrected chi connectivity index (χ1v) is 9.50. The highest BCUT2D eigenvalue weighted by Gasteiger charge is 2.07. The molecule has 0 radical (unpaired) electrons. The molecule has 1 heterocycles. The average Bonchev–Trinajstić information content (AvgIpc) is 2.91. The Morgan fingerprint density at radius 1 is 1.27 bits per heavy atom. The van der Waals surface area contributed by atoms with E-state index in [0.717, 1.165) is 35.2 Å². The molecule has 7 heteroatoms. The molecule has 2 N–H and O–H groups in total. The van der Waals surface area contributed by atoms with Crippen molar-refractivity contribution < 1.29 is 4.39 Å². The number of hydrogen-bond acceptors (Lipinski definition) is 4. The van der Waals surface area contributed by atoms with Crippen LogP contribution in [0.15, 0.2) is 23.2 Å². The van der Waals surface area contributed by atoms with E-state index in [1.165, 1.54) is 10.9 Å². The molecule has 0 aliphatic rings. The minimum absolute atomic E-state index is 0.168. The van der Waals surface area contributed by atoms with Crippen molar-refractivity contribution in [1.29, 1.82) is 0 Å². The van der Waals surface area contributed by atoms with Crippen molar-refractivity contribution in [2.24, 2.45) is 4.99 Å². The summed E-state index contributed by atoms with van der Waals surface area (Å²) in [5.74, 6) is 0.562. The fourth-order valence-corrected chi connectivity index (χ4v) is 3.47. The van der Waals surface area contributed by atoms with Crippen LogP contribution in [0.5, 0.6) is 0 Å².